The first-order valence-electron chi connectivity index (χ1n) is 11.3. The van der Waals surface area contributed by atoms with Crippen molar-refractivity contribution < 1.29 is 52.5 Å². The van der Waals surface area contributed by atoms with Gasteiger partial charge in [0, 0.05) is 13.1 Å². The fourth-order valence-corrected chi connectivity index (χ4v) is 3.15. The molecule has 8 heteroatoms. The van der Waals surface area contributed by atoms with Gasteiger partial charge in [-0.15, -0.1) is 0 Å². The molecule has 0 heterocycles. The maximum absolute atomic E-state index is 12.2. The van der Waals surface area contributed by atoms with E-state index in [1.165, 1.54) is 38.5 Å². The van der Waals surface area contributed by atoms with Crippen molar-refractivity contribution in [3.8, 4) is 0 Å². The lowest BCUT2D eigenvalue weighted by atomic mass is 10.2. The summed E-state index contributed by atoms with van der Waals surface area (Å²) < 4.78 is 1.28. The minimum atomic E-state index is 0. The van der Waals surface area contributed by atoms with Gasteiger partial charge in [-0.25, -0.2) is 0 Å². The molecule has 0 aliphatic rings. The molecular weight excluding hydrogens is 512 g/mol. The van der Waals surface area contributed by atoms with Gasteiger partial charge in [0.25, 0.3) is 11.8 Å². The largest absolute Gasteiger partial charge is 1.00 e. The molecule has 0 spiro atoms. The first kappa shape index (κ1) is 34.4. The van der Waals surface area contributed by atoms with Crippen LogP contribution in [0.2, 0.25) is 0 Å². The molecule has 0 aliphatic heterocycles. The number of quaternary nitrogens is 2. The van der Waals surface area contributed by atoms with Crippen molar-refractivity contribution in [3.05, 3.63) is 0 Å². The molecular formula is C22H48Br2N4O2. The van der Waals surface area contributed by atoms with Crippen LogP contribution < -0.4 is 44.6 Å². The highest BCUT2D eigenvalue weighted by atomic mass is 79.9. The summed E-state index contributed by atoms with van der Waals surface area (Å²) >= 11 is 0. The monoisotopic (exact) mass is 558 g/mol. The van der Waals surface area contributed by atoms with Crippen LogP contribution in [-0.4, -0.2) is 88.2 Å². The summed E-state index contributed by atoms with van der Waals surface area (Å²) in [6, 6.07) is 0. The summed E-state index contributed by atoms with van der Waals surface area (Å²) in [4.78, 5) is 24.4. The number of halogens is 2. The SMILES string of the molecule is CCCCCCNC(=O)C[N+](C)(C)CC[N+](C)(C)CC(=O)NCCCCCC.[Br-].[Br-]. The summed E-state index contributed by atoms with van der Waals surface area (Å²) in [5, 5.41) is 6.08. The zero-order valence-electron chi connectivity index (χ0n) is 20.4. The maximum atomic E-state index is 12.2. The number of nitrogens with one attached hydrogen (secondary N) is 2. The predicted molar refractivity (Wildman–Crippen MR) is 118 cm³/mol. The maximum Gasteiger partial charge on any atom is 0.275 e. The Morgan fingerprint density at radius 3 is 1.23 bits per heavy atom. The number of hydrogen-bond acceptors (Lipinski definition) is 2. The Balaban J connectivity index is -0.00000364. The van der Waals surface area contributed by atoms with E-state index in [9.17, 15) is 9.59 Å². The lowest BCUT2D eigenvalue weighted by Crippen LogP contribution is -3.00. The van der Waals surface area contributed by atoms with Crippen molar-refractivity contribution >= 4 is 11.8 Å². The van der Waals surface area contributed by atoms with Gasteiger partial charge in [-0.05, 0) is 12.8 Å². The van der Waals surface area contributed by atoms with Gasteiger partial charge >= 0.3 is 0 Å². The Bertz CT molecular complexity index is 407. The molecule has 0 aromatic carbocycles. The van der Waals surface area contributed by atoms with E-state index in [0.717, 1.165) is 39.0 Å². The van der Waals surface area contributed by atoms with Crippen LogP contribution >= 0.6 is 0 Å². The third-order valence-corrected chi connectivity index (χ3v) is 5.16. The van der Waals surface area contributed by atoms with Crippen molar-refractivity contribution in [1.82, 2.24) is 10.6 Å². The third-order valence-electron chi connectivity index (χ3n) is 5.16. The van der Waals surface area contributed by atoms with Gasteiger partial charge in [-0.3, -0.25) is 9.59 Å². The molecule has 0 aromatic rings. The van der Waals surface area contributed by atoms with Crippen LogP contribution in [0.1, 0.15) is 65.2 Å². The molecule has 0 saturated heterocycles. The first-order chi connectivity index (χ1) is 13.1. The molecule has 0 aromatic heterocycles. The molecule has 0 atom stereocenters. The number of unbranched alkanes of at least 4 members (excludes halogenated alkanes) is 6. The number of amides is 2. The number of carbonyl (C=O) groups excluding carboxylic acids is 2. The zero-order valence-corrected chi connectivity index (χ0v) is 23.5. The molecule has 2 amide bonds. The molecule has 0 bridgehead atoms. The lowest BCUT2D eigenvalue weighted by Gasteiger charge is -2.34. The summed E-state index contributed by atoms with van der Waals surface area (Å²) in [6.07, 6.45) is 9.37. The number of likely N-dealkylation sites (N-methyl/N-ethyl adjacent to an activating group) is 2. The highest BCUT2D eigenvalue weighted by Gasteiger charge is 2.26. The van der Waals surface area contributed by atoms with Gasteiger partial charge in [0.15, 0.2) is 13.1 Å². The topological polar surface area (TPSA) is 58.2 Å². The Hall–Kier alpha value is -0.180. The average molecular weight is 560 g/mol. The number of carbonyl (C=O) groups is 2. The highest BCUT2D eigenvalue weighted by Crippen LogP contribution is 2.04. The van der Waals surface area contributed by atoms with Crippen LogP contribution in [0, 0.1) is 0 Å². The number of rotatable bonds is 17. The van der Waals surface area contributed by atoms with Crippen LogP contribution in [0.25, 0.3) is 0 Å². The summed E-state index contributed by atoms with van der Waals surface area (Å²) in [5.74, 6) is 0.244. The molecule has 0 saturated carbocycles. The molecule has 2 N–H and O–H groups in total. The highest BCUT2D eigenvalue weighted by molar-refractivity contribution is 5.77. The van der Waals surface area contributed by atoms with E-state index in [1.54, 1.807) is 0 Å². The van der Waals surface area contributed by atoms with Gasteiger partial charge in [0.1, 0.15) is 13.1 Å². The van der Waals surface area contributed by atoms with E-state index in [-0.39, 0.29) is 45.8 Å². The van der Waals surface area contributed by atoms with Gasteiger partial charge in [-0.1, -0.05) is 52.4 Å². The van der Waals surface area contributed by atoms with E-state index < -0.39 is 0 Å². The summed E-state index contributed by atoms with van der Waals surface area (Å²) in [6.45, 7) is 8.62. The fourth-order valence-electron chi connectivity index (χ4n) is 3.15. The Morgan fingerprint density at radius 2 is 0.933 bits per heavy atom. The van der Waals surface area contributed by atoms with Crippen LogP contribution in [0.4, 0.5) is 0 Å². The van der Waals surface area contributed by atoms with Gasteiger partial charge in [-0.2, -0.15) is 0 Å². The van der Waals surface area contributed by atoms with Crippen LogP contribution in [0.3, 0.4) is 0 Å². The van der Waals surface area contributed by atoms with Crippen molar-refractivity contribution in [2.75, 3.05) is 67.5 Å². The second-order valence-electron chi connectivity index (χ2n) is 9.46. The summed E-state index contributed by atoms with van der Waals surface area (Å²) in [7, 11) is 8.35. The van der Waals surface area contributed by atoms with Crippen molar-refractivity contribution in [3.63, 3.8) is 0 Å². The standard InChI is InChI=1S/C22H46N4O2.2BrH/c1-7-9-11-13-15-23-21(27)19-25(3,4)17-18-26(5,6)20-22(28)24-16-14-12-10-8-2;;/h7-20H2,1-6H3;2*1H. The molecule has 0 fully saturated rings. The Labute approximate surface area is 207 Å². The molecule has 182 valence electrons. The molecule has 30 heavy (non-hydrogen) atoms. The van der Waals surface area contributed by atoms with Crippen molar-refractivity contribution in [1.29, 1.82) is 0 Å². The van der Waals surface area contributed by atoms with E-state index >= 15 is 0 Å². The minimum absolute atomic E-state index is 0. The van der Waals surface area contributed by atoms with Gasteiger partial charge in [0.2, 0.25) is 0 Å². The predicted octanol–water partition coefficient (Wildman–Crippen LogP) is -3.46. The lowest BCUT2D eigenvalue weighted by molar-refractivity contribution is -0.938. The molecule has 0 aliphatic carbocycles. The third kappa shape index (κ3) is 21.1. The van der Waals surface area contributed by atoms with Crippen LogP contribution in [0.5, 0.6) is 0 Å². The van der Waals surface area contributed by atoms with Crippen molar-refractivity contribution in [2.24, 2.45) is 0 Å². The normalized spacial score (nSPS) is 11.3. The second-order valence-corrected chi connectivity index (χ2v) is 9.46. The van der Waals surface area contributed by atoms with Crippen LogP contribution in [-0.2, 0) is 9.59 Å². The Kier molecular flexibility index (Phi) is 22.4. The quantitative estimate of drug-likeness (QED) is 0.144. The van der Waals surface area contributed by atoms with E-state index in [1.807, 2.05) is 0 Å². The van der Waals surface area contributed by atoms with E-state index in [4.69, 9.17) is 0 Å². The number of hydrogen-bond donors (Lipinski definition) is 2. The van der Waals surface area contributed by atoms with Crippen molar-refractivity contribution in [2.45, 2.75) is 65.2 Å². The fraction of sp³-hybridized carbons (Fsp3) is 0.909. The average Bonchev–Trinajstić information content (AvgIpc) is 2.59. The number of nitrogens with zero attached hydrogens (tertiary/aromatic N) is 2. The summed E-state index contributed by atoms with van der Waals surface area (Å²) in [5.41, 5.74) is 0. The smallest absolute Gasteiger partial charge is 0.275 e. The second kappa shape index (κ2) is 19.5. The van der Waals surface area contributed by atoms with E-state index in [2.05, 4.69) is 52.7 Å². The van der Waals surface area contributed by atoms with Crippen LogP contribution in [0.15, 0.2) is 0 Å². The minimum Gasteiger partial charge on any atom is -1.00 e. The zero-order chi connectivity index (χ0) is 21.5. The molecule has 0 radical (unpaired) electrons. The molecule has 0 rings (SSSR count). The van der Waals surface area contributed by atoms with Gasteiger partial charge in [0.05, 0.1) is 28.2 Å². The first-order valence-corrected chi connectivity index (χ1v) is 11.3. The molecule has 0 unspecified atom stereocenters. The van der Waals surface area contributed by atoms with E-state index in [0.29, 0.717) is 22.1 Å². The van der Waals surface area contributed by atoms with Gasteiger partial charge < -0.3 is 53.6 Å². The Morgan fingerprint density at radius 1 is 0.600 bits per heavy atom. The molecule has 6 nitrogen and oxygen atoms in total.